The van der Waals surface area contributed by atoms with Gasteiger partial charge in [-0.2, -0.15) is 10.3 Å². The van der Waals surface area contributed by atoms with Gasteiger partial charge in [-0.3, -0.25) is 0 Å². The predicted octanol–water partition coefficient (Wildman–Crippen LogP) is 2.15. The lowest BCUT2D eigenvalue weighted by atomic mass is 10.2. The highest BCUT2D eigenvalue weighted by Crippen LogP contribution is 2.03. The van der Waals surface area contributed by atoms with E-state index in [2.05, 4.69) is 4.99 Å². The third-order valence-electron chi connectivity index (χ3n) is 1.16. The fourth-order valence-corrected chi connectivity index (χ4v) is 0.848. The molecule has 0 bridgehead atoms. The van der Waals surface area contributed by atoms with Gasteiger partial charge in [-0.05, 0) is 0 Å². The van der Waals surface area contributed by atoms with Crippen molar-refractivity contribution in [1.82, 2.24) is 0 Å². The monoisotopic (exact) mass is 164 g/mol. The Balaban J connectivity index is 2.96. The van der Waals surface area contributed by atoms with Crippen LogP contribution in [0.2, 0.25) is 0 Å². The Morgan fingerprint density at radius 1 is 1.36 bits per heavy atom. The lowest BCUT2D eigenvalue weighted by Crippen LogP contribution is -1.87. The van der Waals surface area contributed by atoms with Crippen molar-refractivity contribution in [3.8, 4) is 6.19 Å². The SMILES string of the molecule is N#CN=C(Cl)c1ccccc1. The van der Waals surface area contributed by atoms with Gasteiger partial charge in [-0.1, -0.05) is 41.9 Å². The number of aliphatic imine (C=N–C) groups is 1. The zero-order chi connectivity index (χ0) is 8.10. The third-order valence-corrected chi connectivity index (χ3v) is 1.46. The molecule has 0 heterocycles. The minimum absolute atomic E-state index is 0.230. The minimum atomic E-state index is 0.230. The van der Waals surface area contributed by atoms with Crippen LogP contribution in [0, 0.1) is 11.5 Å². The molecule has 2 nitrogen and oxygen atoms in total. The third kappa shape index (κ3) is 2.06. The highest BCUT2D eigenvalue weighted by Gasteiger charge is 1.95. The molecule has 0 unspecified atom stereocenters. The summed E-state index contributed by atoms with van der Waals surface area (Å²) < 4.78 is 0. The molecule has 0 aliphatic rings. The standard InChI is InChI=1S/C8H5ClN2/c9-8(11-6-10)7-4-2-1-3-5-7/h1-5H. The number of nitrogens with zero attached hydrogens (tertiary/aromatic N) is 2. The number of nitriles is 1. The van der Waals surface area contributed by atoms with Crippen molar-refractivity contribution in [2.75, 3.05) is 0 Å². The number of halogens is 1. The van der Waals surface area contributed by atoms with E-state index in [0.29, 0.717) is 0 Å². The Labute approximate surface area is 69.8 Å². The molecule has 1 rings (SSSR count). The van der Waals surface area contributed by atoms with Gasteiger partial charge in [0.1, 0.15) is 5.17 Å². The second kappa shape index (κ2) is 3.75. The summed E-state index contributed by atoms with van der Waals surface area (Å²) in [6, 6.07) is 9.14. The molecule has 0 N–H and O–H groups in total. The number of benzene rings is 1. The van der Waals surface area contributed by atoms with E-state index in [1.807, 2.05) is 18.2 Å². The van der Waals surface area contributed by atoms with E-state index in [4.69, 9.17) is 16.9 Å². The summed E-state index contributed by atoms with van der Waals surface area (Å²) in [5, 5.41) is 8.41. The lowest BCUT2D eigenvalue weighted by molar-refractivity contribution is 1.44. The van der Waals surface area contributed by atoms with Crippen LogP contribution >= 0.6 is 11.6 Å². The summed E-state index contributed by atoms with van der Waals surface area (Å²) >= 11 is 5.63. The summed E-state index contributed by atoms with van der Waals surface area (Å²) in [5.74, 6) is 0. The Morgan fingerprint density at radius 2 is 2.00 bits per heavy atom. The largest absolute Gasteiger partial charge is 0.207 e. The molecule has 1 aromatic carbocycles. The van der Waals surface area contributed by atoms with E-state index in [-0.39, 0.29) is 5.17 Å². The molecule has 0 spiro atoms. The van der Waals surface area contributed by atoms with E-state index in [0.717, 1.165) is 5.56 Å². The van der Waals surface area contributed by atoms with Crippen molar-refractivity contribution in [3.63, 3.8) is 0 Å². The molecule has 0 amide bonds. The van der Waals surface area contributed by atoms with Gasteiger partial charge in [0.15, 0.2) is 0 Å². The van der Waals surface area contributed by atoms with E-state index in [1.54, 1.807) is 18.3 Å². The molecule has 11 heavy (non-hydrogen) atoms. The highest BCUT2D eigenvalue weighted by molar-refractivity contribution is 6.69. The average molecular weight is 165 g/mol. The highest BCUT2D eigenvalue weighted by atomic mass is 35.5. The molecule has 0 fully saturated rings. The maximum absolute atomic E-state index is 8.18. The molecule has 3 heteroatoms. The Kier molecular flexibility index (Phi) is 2.65. The van der Waals surface area contributed by atoms with Crippen molar-refractivity contribution >= 4 is 16.8 Å². The summed E-state index contributed by atoms with van der Waals surface area (Å²) in [6.07, 6.45) is 1.62. The zero-order valence-corrected chi connectivity index (χ0v) is 6.42. The molecule has 0 saturated heterocycles. The van der Waals surface area contributed by atoms with Gasteiger partial charge in [0, 0.05) is 5.56 Å². The molecule has 0 atom stereocenters. The van der Waals surface area contributed by atoms with Crippen LogP contribution in [0.5, 0.6) is 0 Å². The summed E-state index contributed by atoms with van der Waals surface area (Å²) in [6.45, 7) is 0. The molecule has 54 valence electrons. The lowest BCUT2D eigenvalue weighted by Gasteiger charge is -1.92. The maximum atomic E-state index is 8.18. The number of hydrogen-bond donors (Lipinski definition) is 0. The molecule has 0 aliphatic carbocycles. The zero-order valence-electron chi connectivity index (χ0n) is 5.66. The molecular weight excluding hydrogens is 160 g/mol. The second-order valence-corrected chi connectivity index (χ2v) is 2.23. The van der Waals surface area contributed by atoms with Crippen LogP contribution in [0.3, 0.4) is 0 Å². The number of rotatable bonds is 1. The van der Waals surface area contributed by atoms with E-state index in [9.17, 15) is 0 Å². The summed E-state index contributed by atoms with van der Waals surface area (Å²) in [7, 11) is 0. The van der Waals surface area contributed by atoms with Gasteiger partial charge in [-0.25, -0.2) is 0 Å². The smallest absolute Gasteiger partial charge is 0.170 e. The first-order valence-electron chi connectivity index (χ1n) is 3.02. The first-order valence-corrected chi connectivity index (χ1v) is 3.40. The fraction of sp³-hybridized carbons (Fsp3) is 0. The van der Waals surface area contributed by atoms with Gasteiger partial charge >= 0.3 is 0 Å². The van der Waals surface area contributed by atoms with Crippen molar-refractivity contribution in [1.29, 1.82) is 5.26 Å². The molecule has 0 radical (unpaired) electrons. The van der Waals surface area contributed by atoms with Crippen LogP contribution in [-0.2, 0) is 0 Å². The van der Waals surface area contributed by atoms with Crippen LogP contribution < -0.4 is 0 Å². The maximum Gasteiger partial charge on any atom is 0.207 e. The predicted molar refractivity (Wildman–Crippen MR) is 44.4 cm³/mol. The van der Waals surface area contributed by atoms with Crippen LogP contribution in [0.1, 0.15) is 5.56 Å². The Bertz CT molecular complexity index is 298. The van der Waals surface area contributed by atoms with Gasteiger partial charge in [0.2, 0.25) is 6.19 Å². The summed E-state index contributed by atoms with van der Waals surface area (Å²) in [4.78, 5) is 3.38. The van der Waals surface area contributed by atoms with E-state index >= 15 is 0 Å². The van der Waals surface area contributed by atoms with Gasteiger partial charge in [0.25, 0.3) is 0 Å². The van der Waals surface area contributed by atoms with Crippen molar-refractivity contribution in [2.24, 2.45) is 4.99 Å². The van der Waals surface area contributed by atoms with Gasteiger partial charge in [0.05, 0.1) is 0 Å². The van der Waals surface area contributed by atoms with E-state index in [1.165, 1.54) is 0 Å². The quantitative estimate of drug-likeness (QED) is 0.463. The Morgan fingerprint density at radius 3 is 2.55 bits per heavy atom. The average Bonchev–Trinajstić information content (AvgIpc) is 2.07. The fourth-order valence-electron chi connectivity index (χ4n) is 0.684. The molecule has 1 aromatic rings. The second-order valence-electron chi connectivity index (χ2n) is 1.87. The molecule has 0 aromatic heterocycles. The van der Waals surface area contributed by atoms with Gasteiger partial charge in [-0.15, -0.1) is 0 Å². The topological polar surface area (TPSA) is 36.1 Å². The molecule has 0 aliphatic heterocycles. The first-order chi connectivity index (χ1) is 5.34. The van der Waals surface area contributed by atoms with Crippen molar-refractivity contribution in [2.45, 2.75) is 0 Å². The van der Waals surface area contributed by atoms with Crippen molar-refractivity contribution in [3.05, 3.63) is 35.9 Å². The van der Waals surface area contributed by atoms with Crippen LogP contribution in [0.25, 0.3) is 0 Å². The number of hydrogen-bond acceptors (Lipinski definition) is 2. The first kappa shape index (κ1) is 7.77. The van der Waals surface area contributed by atoms with Gasteiger partial charge < -0.3 is 0 Å². The normalized spacial score (nSPS) is 10.7. The van der Waals surface area contributed by atoms with E-state index < -0.39 is 0 Å². The molecular formula is C8H5ClN2. The van der Waals surface area contributed by atoms with Crippen LogP contribution in [0.4, 0.5) is 0 Å². The Hall–Kier alpha value is -1.33. The van der Waals surface area contributed by atoms with Crippen LogP contribution in [-0.4, -0.2) is 5.17 Å². The van der Waals surface area contributed by atoms with Crippen LogP contribution in [0.15, 0.2) is 35.3 Å². The summed E-state index contributed by atoms with van der Waals surface area (Å²) in [5.41, 5.74) is 0.760. The molecule has 0 saturated carbocycles. The van der Waals surface area contributed by atoms with Crippen molar-refractivity contribution < 1.29 is 0 Å². The minimum Gasteiger partial charge on any atom is -0.170 e.